The Hall–Kier alpha value is -1.36. The molecule has 4 rings (SSSR count). The highest BCUT2D eigenvalue weighted by atomic mass is 35.5. The number of likely N-dealkylation sites (tertiary alicyclic amines) is 1. The summed E-state index contributed by atoms with van der Waals surface area (Å²) in [5.74, 6) is 1.83. The Morgan fingerprint density at radius 3 is 2.89 bits per heavy atom. The summed E-state index contributed by atoms with van der Waals surface area (Å²) in [6, 6.07) is 10.2. The zero-order valence-electron chi connectivity index (χ0n) is 16.1. The lowest BCUT2D eigenvalue weighted by Gasteiger charge is -2.41. The number of H-pyrrole nitrogens is 1. The van der Waals surface area contributed by atoms with E-state index >= 15 is 0 Å². The van der Waals surface area contributed by atoms with E-state index < -0.39 is 5.60 Å². The standard InChI is InChI=1S/C22H30ClN3O/c1-2-3-11-20-24-19(21(23)25-20)15-26-13-16-8-7-12-22(27,18(16)14-26)17-9-5-4-6-10-17/h4-6,9-10,16,18,27H,2-3,7-8,11-15H2,1H3,(H,24,25)/t16-,18+,22+/m1/s1. The maximum absolute atomic E-state index is 11.6. The number of hydrogen-bond donors (Lipinski definition) is 2. The number of fused-ring (bicyclic) bond motifs is 1. The lowest BCUT2D eigenvalue weighted by Crippen LogP contribution is -2.42. The van der Waals surface area contributed by atoms with Crippen LogP contribution in [0, 0.1) is 11.8 Å². The first kappa shape index (κ1) is 19.0. The van der Waals surface area contributed by atoms with Crippen LogP contribution in [0.3, 0.4) is 0 Å². The molecule has 5 heteroatoms. The third-order valence-electron chi connectivity index (χ3n) is 6.46. The first-order chi connectivity index (χ1) is 13.1. The van der Waals surface area contributed by atoms with Crippen LogP contribution < -0.4 is 0 Å². The van der Waals surface area contributed by atoms with E-state index in [0.717, 1.165) is 68.8 Å². The average molecular weight is 388 g/mol. The molecule has 2 aliphatic rings. The molecular weight excluding hydrogens is 358 g/mol. The number of imidazole rings is 1. The number of benzene rings is 1. The third kappa shape index (κ3) is 3.80. The molecule has 1 aromatic carbocycles. The van der Waals surface area contributed by atoms with Gasteiger partial charge in [0.05, 0.1) is 11.3 Å². The highest BCUT2D eigenvalue weighted by Crippen LogP contribution is 2.48. The lowest BCUT2D eigenvalue weighted by atomic mass is 9.67. The topological polar surface area (TPSA) is 52.1 Å². The van der Waals surface area contributed by atoms with Gasteiger partial charge >= 0.3 is 0 Å². The average Bonchev–Trinajstić information content (AvgIpc) is 3.25. The molecular formula is C22H30ClN3O. The van der Waals surface area contributed by atoms with Gasteiger partial charge in [-0.2, -0.15) is 0 Å². The maximum Gasteiger partial charge on any atom is 0.151 e. The summed E-state index contributed by atoms with van der Waals surface area (Å²) in [4.78, 5) is 10.4. The van der Waals surface area contributed by atoms with E-state index in [1.54, 1.807) is 0 Å². The quantitative estimate of drug-likeness (QED) is 0.765. The second-order valence-corrected chi connectivity index (χ2v) is 8.66. The molecule has 2 heterocycles. The lowest BCUT2D eigenvalue weighted by molar-refractivity contribution is -0.0648. The number of unbranched alkanes of at least 4 members (excludes halogenated alkanes) is 1. The molecule has 0 spiro atoms. The van der Waals surface area contributed by atoms with Crippen LogP contribution in [0.4, 0.5) is 0 Å². The van der Waals surface area contributed by atoms with Crippen molar-refractivity contribution in [3.8, 4) is 0 Å². The summed E-state index contributed by atoms with van der Waals surface area (Å²) < 4.78 is 0. The summed E-state index contributed by atoms with van der Waals surface area (Å²) in [7, 11) is 0. The molecule has 0 amide bonds. The van der Waals surface area contributed by atoms with Crippen molar-refractivity contribution in [2.45, 2.75) is 57.6 Å². The Balaban J connectivity index is 1.48. The molecule has 0 bridgehead atoms. The highest BCUT2D eigenvalue weighted by Gasteiger charge is 2.49. The summed E-state index contributed by atoms with van der Waals surface area (Å²) in [5, 5.41) is 12.2. The minimum absolute atomic E-state index is 0.287. The van der Waals surface area contributed by atoms with Crippen molar-refractivity contribution >= 4 is 11.6 Å². The smallest absolute Gasteiger partial charge is 0.151 e. The van der Waals surface area contributed by atoms with Gasteiger partial charge < -0.3 is 10.1 Å². The van der Waals surface area contributed by atoms with Crippen LogP contribution in [-0.4, -0.2) is 33.1 Å². The van der Waals surface area contributed by atoms with Crippen LogP contribution in [0.15, 0.2) is 30.3 Å². The SMILES string of the molecule is CCCCc1nc(Cl)c(CN2C[C@H]3CCC[C@](O)(c4ccccc4)[C@H]3C2)[nH]1. The molecule has 2 aromatic rings. The second-order valence-electron chi connectivity index (χ2n) is 8.30. The minimum Gasteiger partial charge on any atom is -0.385 e. The van der Waals surface area contributed by atoms with Gasteiger partial charge in [-0.25, -0.2) is 4.98 Å². The molecule has 2 N–H and O–H groups in total. The number of aliphatic hydroxyl groups is 1. The Morgan fingerprint density at radius 2 is 2.11 bits per heavy atom. The van der Waals surface area contributed by atoms with E-state index in [-0.39, 0.29) is 5.92 Å². The third-order valence-corrected chi connectivity index (χ3v) is 6.78. The van der Waals surface area contributed by atoms with Crippen molar-refractivity contribution in [3.63, 3.8) is 0 Å². The number of hydrogen-bond acceptors (Lipinski definition) is 3. The van der Waals surface area contributed by atoms with Gasteiger partial charge in [-0.05, 0) is 37.2 Å². The maximum atomic E-state index is 11.6. The fourth-order valence-corrected chi connectivity index (χ4v) is 5.27. The molecule has 0 radical (unpaired) electrons. The predicted molar refractivity (Wildman–Crippen MR) is 109 cm³/mol. The van der Waals surface area contributed by atoms with Gasteiger partial charge in [0.1, 0.15) is 5.82 Å². The fraction of sp³-hybridized carbons (Fsp3) is 0.591. The molecule has 2 fully saturated rings. The molecule has 1 aliphatic carbocycles. The van der Waals surface area contributed by atoms with Crippen LogP contribution >= 0.6 is 11.6 Å². The monoisotopic (exact) mass is 387 g/mol. The van der Waals surface area contributed by atoms with Gasteiger partial charge in [0.25, 0.3) is 0 Å². The van der Waals surface area contributed by atoms with E-state index in [9.17, 15) is 5.11 Å². The molecule has 0 unspecified atom stereocenters. The molecule has 3 atom stereocenters. The van der Waals surface area contributed by atoms with E-state index in [1.807, 2.05) is 18.2 Å². The van der Waals surface area contributed by atoms with Crippen LogP contribution in [0.2, 0.25) is 5.15 Å². The number of halogens is 1. The van der Waals surface area contributed by atoms with E-state index in [1.165, 1.54) is 6.42 Å². The van der Waals surface area contributed by atoms with Crippen LogP contribution in [-0.2, 0) is 18.6 Å². The summed E-state index contributed by atoms with van der Waals surface area (Å²) in [5.41, 5.74) is 1.39. The van der Waals surface area contributed by atoms with Crippen molar-refractivity contribution < 1.29 is 5.11 Å². The van der Waals surface area contributed by atoms with E-state index in [0.29, 0.717) is 11.1 Å². The van der Waals surface area contributed by atoms with Crippen molar-refractivity contribution in [3.05, 3.63) is 52.6 Å². The van der Waals surface area contributed by atoms with Crippen molar-refractivity contribution in [1.29, 1.82) is 0 Å². The number of nitrogens with one attached hydrogen (secondary N) is 1. The van der Waals surface area contributed by atoms with Crippen LogP contribution in [0.5, 0.6) is 0 Å². The zero-order chi connectivity index (χ0) is 18.9. The van der Waals surface area contributed by atoms with Crippen LogP contribution in [0.1, 0.15) is 56.1 Å². The molecule has 1 aromatic heterocycles. The Kier molecular flexibility index (Phi) is 5.58. The van der Waals surface area contributed by atoms with Gasteiger partial charge in [-0.15, -0.1) is 0 Å². The number of rotatable bonds is 6. The zero-order valence-corrected chi connectivity index (χ0v) is 16.9. The number of aromatic amines is 1. The minimum atomic E-state index is -0.705. The molecule has 1 saturated carbocycles. The van der Waals surface area contributed by atoms with Crippen molar-refractivity contribution in [1.82, 2.24) is 14.9 Å². The highest BCUT2D eigenvalue weighted by molar-refractivity contribution is 6.30. The Morgan fingerprint density at radius 1 is 1.30 bits per heavy atom. The van der Waals surface area contributed by atoms with E-state index in [2.05, 4.69) is 33.9 Å². The van der Waals surface area contributed by atoms with Gasteiger partial charge in [0.15, 0.2) is 5.15 Å². The molecule has 146 valence electrons. The van der Waals surface area contributed by atoms with E-state index in [4.69, 9.17) is 11.6 Å². The first-order valence-corrected chi connectivity index (χ1v) is 10.7. The van der Waals surface area contributed by atoms with Crippen LogP contribution in [0.25, 0.3) is 0 Å². The normalized spacial score (nSPS) is 28.4. The summed E-state index contributed by atoms with van der Waals surface area (Å²) in [6.07, 6.45) is 6.39. The first-order valence-electron chi connectivity index (χ1n) is 10.3. The summed E-state index contributed by atoms with van der Waals surface area (Å²) >= 11 is 6.39. The number of aryl methyl sites for hydroxylation is 1. The van der Waals surface area contributed by atoms with Gasteiger partial charge in [-0.3, -0.25) is 4.90 Å². The Labute approximate surface area is 167 Å². The van der Waals surface area contributed by atoms with Gasteiger partial charge in [0, 0.05) is 32.0 Å². The number of nitrogens with zero attached hydrogens (tertiary/aromatic N) is 2. The predicted octanol–water partition coefficient (Wildman–Crippen LogP) is 4.53. The van der Waals surface area contributed by atoms with Gasteiger partial charge in [-0.1, -0.05) is 55.3 Å². The Bertz CT molecular complexity index is 762. The number of aromatic nitrogens is 2. The molecule has 1 saturated heterocycles. The van der Waals surface area contributed by atoms with Crippen molar-refractivity contribution in [2.24, 2.45) is 11.8 Å². The fourth-order valence-electron chi connectivity index (χ4n) is 5.06. The molecule has 4 nitrogen and oxygen atoms in total. The largest absolute Gasteiger partial charge is 0.385 e. The van der Waals surface area contributed by atoms with Crippen molar-refractivity contribution in [2.75, 3.05) is 13.1 Å². The molecule has 27 heavy (non-hydrogen) atoms. The van der Waals surface area contributed by atoms with Gasteiger partial charge in [0.2, 0.25) is 0 Å². The summed E-state index contributed by atoms with van der Waals surface area (Å²) in [6.45, 7) is 4.91. The molecule has 1 aliphatic heterocycles. The second kappa shape index (κ2) is 7.94.